The van der Waals surface area contributed by atoms with Gasteiger partial charge in [-0.25, -0.2) is 0 Å². The van der Waals surface area contributed by atoms with Gasteiger partial charge in [-0.1, -0.05) is 10.1 Å². The van der Waals surface area contributed by atoms with Crippen molar-refractivity contribution in [1.82, 2.24) is 10.1 Å². The average Bonchev–Trinajstić information content (AvgIpc) is 2.76. The molecule has 0 radical (unpaired) electrons. The normalized spacial score (nSPS) is 31.8. The van der Waals surface area contributed by atoms with Crippen LogP contribution < -0.4 is 0 Å². The SMILES string of the molecule is CC1(C)CCC(OCCCCOC2CCC(C)(C)N([OH2+])C(C)(C)C2)CC(C)(C)N1[OH2+]. The Balaban J connectivity index is 1.70. The van der Waals surface area contributed by atoms with Crippen LogP contribution in [0.25, 0.3) is 0 Å². The predicted octanol–water partition coefficient (Wildman–Crippen LogP) is 3.90. The van der Waals surface area contributed by atoms with Crippen LogP contribution in [-0.4, -0.2) is 68.1 Å². The van der Waals surface area contributed by atoms with E-state index in [1.54, 1.807) is 10.1 Å². The maximum Gasteiger partial charge on any atom is 0.0859 e. The van der Waals surface area contributed by atoms with Crippen LogP contribution in [0, 0.1) is 0 Å². The first kappa shape index (κ1) is 26.0. The molecule has 2 heterocycles. The number of hydroxylamine groups is 4. The lowest BCUT2D eigenvalue weighted by atomic mass is 9.95. The van der Waals surface area contributed by atoms with Crippen LogP contribution in [0.4, 0.5) is 0 Å². The second kappa shape index (κ2) is 9.72. The van der Waals surface area contributed by atoms with Gasteiger partial charge in [0.25, 0.3) is 0 Å². The van der Waals surface area contributed by atoms with E-state index in [9.17, 15) is 0 Å². The summed E-state index contributed by atoms with van der Waals surface area (Å²) in [7, 11) is 0. The Labute approximate surface area is 184 Å². The minimum atomic E-state index is -0.167. The lowest BCUT2D eigenvalue weighted by molar-refractivity contribution is -0.223. The van der Waals surface area contributed by atoms with E-state index in [0.29, 0.717) is 0 Å². The van der Waals surface area contributed by atoms with E-state index in [2.05, 4.69) is 55.4 Å². The summed E-state index contributed by atoms with van der Waals surface area (Å²) in [6.45, 7) is 18.8. The fraction of sp³-hybridized carbons (Fsp3) is 1.00. The zero-order chi connectivity index (χ0) is 22.8. The average molecular weight is 431 g/mol. The molecular weight excluding hydrogens is 380 g/mol. The lowest BCUT2D eigenvalue weighted by Crippen LogP contribution is -2.52. The highest BCUT2D eigenvalue weighted by Crippen LogP contribution is 2.37. The van der Waals surface area contributed by atoms with Crippen LogP contribution in [0.5, 0.6) is 0 Å². The maximum atomic E-state index is 8.50. The molecule has 0 spiro atoms. The third-order valence-corrected chi connectivity index (χ3v) is 7.28. The highest BCUT2D eigenvalue weighted by molar-refractivity contribution is 4.94. The number of hydrogen-bond acceptors (Lipinski definition) is 4. The standard InChI is InChI=1S/C24H48N2O4/c1-21(2)13-11-19(17-23(5,6)25(21)27)29-15-9-10-16-30-20-12-14-22(3,4)26(28)24(7,8)18-20/h19-20,27-28H,9-18H2,1-8H3/p+2. The molecule has 0 bridgehead atoms. The first-order valence-electron chi connectivity index (χ1n) is 11.9. The fourth-order valence-corrected chi connectivity index (χ4v) is 5.38. The van der Waals surface area contributed by atoms with E-state index in [1.165, 1.54) is 0 Å². The second-order valence-electron chi connectivity index (χ2n) is 12.1. The molecule has 0 saturated carbocycles. The van der Waals surface area contributed by atoms with Gasteiger partial charge in [-0.2, -0.15) is 0 Å². The van der Waals surface area contributed by atoms with Crippen molar-refractivity contribution < 1.29 is 19.9 Å². The van der Waals surface area contributed by atoms with Crippen LogP contribution in [0.3, 0.4) is 0 Å². The monoisotopic (exact) mass is 430 g/mol. The van der Waals surface area contributed by atoms with E-state index in [0.717, 1.165) is 64.6 Å². The third-order valence-electron chi connectivity index (χ3n) is 7.28. The number of nitrogens with zero attached hydrogens (tertiary/aromatic N) is 2. The number of rotatable bonds is 7. The molecule has 2 aliphatic rings. The zero-order valence-corrected chi connectivity index (χ0v) is 20.9. The quantitative estimate of drug-likeness (QED) is 0.454. The molecule has 2 atom stereocenters. The summed E-state index contributed by atoms with van der Waals surface area (Å²) in [6.07, 6.45) is 8.36. The lowest BCUT2D eigenvalue weighted by Gasteiger charge is -2.37. The van der Waals surface area contributed by atoms with Crippen molar-refractivity contribution in [3.8, 4) is 0 Å². The maximum absolute atomic E-state index is 8.50. The Hall–Kier alpha value is -0.240. The summed E-state index contributed by atoms with van der Waals surface area (Å²) < 4.78 is 12.5. The Morgan fingerprint density at radius 1 is 0.633 bits per heavy atom. The van der Waals surface area contributed by atoms with Crippen molar-refractivity contribution in [3.05, 3.63) is 0 Å². The Morgan fingerprint density at radius 3 is 1.30 bits per heavy atom. The molecule has 2 fully saturated rings. The van der Waals surface area contributed by atoms with Gasteiger partial charge in [-0.3, -0.25) is 0 Å². The van der Waals surface area contributed by atoms with Gasteiger partial charge in [-0.05, 0) is 107 Å². The van der Waals surface area contributed by atoms with Crippen LogP contribution >= 0.6 is 0 Å². The van der Waals surface area contributed by atoms with Gasteiger partial charge in [0.1, 0.15) is 0 Å². The molecule has 30 heavy (non-hydrogen) atoms. The number of hydrogen-bond donors (Lipinski definition) is 0. The number of unbranched alkanes of at least 4 members (excludes halogenated alkanes) is 1. The largest absolute Gasteiger partial charge is 0.378 e. The summed E-state index contributed by atoms with van der Waals surface area (Å²) in [5.41, 5.74) is -0.546. The molecule has 2 rings (SSSR count). The fourth-order valence-electron chi connectivity index (χ4n) is 5.38. The van der Waals surface area contributed by atoms with Gasteiger partial charge < -0.3 is 19.9 Å². The minimum absolute atomic E-state index is 0.106. The Kier molecular flexibility index (Phi) is 8.43. The van der Waals surface area contributed by atoms with Crippen LogP contribution in [-0.2, 0) is 9.47 Å². The molecule has 2 aliphatic heterocycles. The van der Waals surface area contributed by atoms with E-state index in [-0.39, 0.29) is 34.4 Å². The van der Waals surface area contributed by atoms with Gasteiger partial charge >= 0.3 is 0 Å². The van der Waals surface area contributed by atoms with Gasteiger partial charge in [0.15, 0.2) is 0 Å². The summed E-state index contributed by atoms with van der Waals surface area (Å²) >= 11 is 0. The Bertz CT molecular complexity index is 499. The van der Waals surface area contributed by atoms with Crippen molar-refractivity contribution in [2.45, 2.75) is 141 Å². The minimum Gasteiger partial charge on any atom is -0.378 e. The van der Waals surface area contributed by atoms with E-state index < -0.39 is 0 Å². The van der Waals surface area contributed by atoms with Crippen molar-refractivity contribution in [2.24, 2.45) is 0 Å². The summed E-state index contributed by atoms with van der Waals surface area (Å²) in [6, 6.07) is 0. The molecule has 0 aromatic rings. The molecule has 4 N–H and O–H groups in total. The van der Waals surface area contributed by atoms with E-state index >= 15 is 0 Å². The number of ether oxygens (including phenoxy) is 2. The van der Waals surface area contributed by atoms with Gasteiger partial charge in [-0.15, -0.1) is 0 Å². The molecule has 0 amide bonds. The highest BCUT2D eigenvalue weighted by Gasteiger charge is 2.46. The molecule has 6 nitrogen and oxygen atoms in total. The van der Waals surface area contributed by atoms with Gasteiger partial charge in [0.2, 0.25) is 0 Å². The zero-order valence-electron chi connectivity index (χ0n) is 20.9. The predicted molar refractivity (Wildman–Crippen MR) is 124 cm³/mol. The molecule has 2 saturated heterocycles. The first-order valence-corrected chi connectivity index (χ1v) is 11.9. The van der Waals surface area contributed by atoms with Crippen molar-refractivity contribution in [1.29, 1.82) is 0 Å². The van der Waals surface area contributed by atoms with E-state index in [1.807, 2.05) is 0 Å². The van der Waals surface area contributed by atoms with Gasteiger partial charge in [0.05, 0.1) is 34.4 Å². The van der Waals surface area contributed by atoms with Crippen molar-refractivity contribution in [3.63, 3.8) is 0 Å². The molecule has 0 aliphatic carbocycles. The summed E-state index contributed by atoms with van der Waals surface area (Å²) in [4.78, 5) is 0. The third kappa shape index (κ3) is 6.63. The summed E-state index contributed by atoms with van der Waals surface area (Å²) in [5.74, 6) is 0. The first-order chi connectivity index (χ1) is 13.7. The molecular formula is C24H50N2O4+2. The summed E-state index contributed by atoms with van der Waals surface area (Å²) in [5, 5.41) is 20.6. The molecule has 6 heteroatoms. The van der Waals surface area contributed by atoms with Crippen molar-refractivity contribution in [2.75, 3.05) is 13.2 Å². The van der Waals surface area contributed by atoms with Crippen molar-refractivity contribution >= 4 is 0 Å². The highest BCUT2D eigenvalue weighted by atomic mass is 16.5. The van der Waals surface area contributed by atoms with E-state index in [4.69, 9.17) is 19.9 Å². The molecule has 0 aromatic carbocycles. The van der Waals surface area contributed by atoms with Crippen LogP contribution in [0.1, 0.15) is 107 Å². The smallest absolute Gasteiger partial charge is 0.0859 e. The topological polar surface area (TPSA) is 70.7 Å². The van der Waals surface area contributed by atoms with Gasteiger partial charge in [0, 0.05) is 13.2 Å². The second-order valence-corrected chi connectivity index (χ2v) is 12.1. The van der Waals surface area contributed by atoms with Crippen LogP contribution in [0.15, 0.2) is 0 Å². The molecule has 178 valence electrons. The molecule has 2 unspecified atom stereocenters. The molecule has 0 aromatic heterocycles. The Morgan fingerprint density at radius 2 is 0.967 bits per heavy atom. The van der Waals surface area contributed by atoms with Crippen LogP contribution in [0.2, 0.25) is 0 Å².